The fraction of sp³-hybridized carbons (Fsp3) is 0.345. The molecular weight excluding hydrogens is 518 g/mol. The van der Waals surface area contributed by atoms with Gasteiger partial charge in [-0.1, -0.05) is 24.1 Å². The molecule has 0 bridgehead atoms. The van der Waals surface area contributed by atoms with Crippen LogP contribution in [0.1, 0.15) is 47.6 Å². The zero-order valence-corrected chi connectivity index (χ0v) is 22.6. The highest BCUT2D eigenvalue weighted by atomic mass is 35.5. The van der Waals surface area contributed by atoms with Gasteiger partial charge in [-0.25, -0.2) is 4.98 Å². The standard InChI is InChI=1S/C29H30ClN5O2S/c30-20-7-6-19-16-26(38-25(19)17-20)29(37)33-24-5-3-4-23(24)28(36)32-21-8-10-22(11-9-21)35-15-12-31-27(35)18-34-13-1-2-14-34/h6-12,15-17,23-24H,1-5,13-14,18H2,(H,32,36)(H,33,37)/t23-,24+/m0/s1. The molecule has 0 spiro atoms. The molecule has 1 saturated carbocycles. The molecule has 3 heterocycles. The van der Waals surface area contributed by atoms with Crippen LogP contribution in [0, 0.1) is 5.92 Å². The number of thiophene rings is 1. The molecule has 2 atom stereocenters. The number of carbonyl (C=O) groups excluding carboxylic acids is 2. The number of likely N-dealkylation sites (tertiary alicyclic amines) is 1. The highest BCUT2D eigenvalue weighted by molar-refractivity contribution is 7.20. The fourth-order valence-electron chi connectivity index (χ4n) is 5.57. The van der Waals surface area contributed by atoms with E-state index in [2.05, 4.69) is 25.1 Å². The maximum Gasteiger partial charge on any atom is 0.261 e. The number of amides is 2. The van der Waals surface area contributed by atoms with Crippen molar-refractivity contribution in [3.63, 3.8) is 0 Å². The van der Waals surface area contributed by atoms with Gasteiger partial charge in [0.05, 0.1) is 17.3 Å². The van der Waals surface area contributed by atoms with Crippen LogP contribution in [-0.4, -0.2) is 45.4 Å². The Balaban J connectivity index is 1.09. The lowest BCUT2D eigenvalue weighted by molar-refractivity contribution is -0.120. The van der Waals surface area contributed by atoms with Crippen LogP contribution in [0.15, 0.2) is 60.9 Å². The minimum Gasteiger partial charge on any atom is -0.348 e. The van der Waals surface area contributed by atoms with E-state index in [1.54, 1.807) is 0 Å². The number of imidazole rings is 1. The zero-order valence-electron chi connectivity index (χ0n) is 21.0. The normalized spacial score (nSPS) is 19.7. The number of nitrogens with zero attached hydrogens (tertiary/aromatic N) is 3. The Labute approximate surface area is 230 Å². The first-order valence-corrected chi connectivity index (χ1v) is 14.4. The highest BCUT2D eigenvalue weighted by Crippen LogP contribution is 2.31. The molecule has 4 aromatic rings. The first-order chi connectivity index (χ1) is 18.5. The average molecular weight is 548 g/mol. The van der Waals surface area contributed by atoms with Gasteiger partial charge in [0.1, 0.15) is 5.82 Å². The molecule has 2 aliphatic rings. The maximum atomic E-state index is 13.2. The Kier molecular flexibility index (Phi) is 7.19. The molecule has 2 aromatic carbocycles. The summed E-state index contributed by atoms with van der Waals surface area (Å²) < 4.78 is 3.08. The SMILES string of the molecule is O=C(N[C@@H]1CCC[C@@H]1C(=O)Nc1ccc(-n2ccnc2CN2CCCC2)cc1)c1cc2ccc(Cl)cc2s1. The van der Waals surface area contributed by atoms with Gasteiger partial charge >= 0.3 is 0 Å². The first kappa shape index (κ1) is 25.1. The van der Waals surface area contributed by atoms with Crippen LogP contribution in [-0.2, 0) is 11.3 Å². The molecule has 9 heteroatoms. The number of aromatic nitrogens is 2. The number of nitrogens with one attached hydrogen (secondary N) is 2. The summed E-state index contributed by atoms with van der Waals surface area (Å²) >= 11 is 7.51. The van der Waals surface area contributed by atoms with Crippen LogP contribution >= 0.6 is 22.9 Å². The minimum atomic E-state index is -0.261. The van der Waals surface area contributed by atoms with Crippen molar-refractivity contribution in [2.45, 2.75) is 44.7 Å². The van der Waals surface area contributed by atoms with Crippen molar-refractivity contribution in [1.82, 2.24) is 19.8 Å². The van der Waals surface area contributed by atoms with Gasteiger partial charge in [0, 0.05) is 39.5 Å². The Bertz CT molecular complexity index is 1460. The first-order valence-electron chi connectivity index (χ1n) is 13.2. The smallest absolute Gasteiger partial charge is 0.261 e. The summed E-state index contributed by atoms with van der Waals surface area (Å²) in [5.41, 5.74) is 1.77. The van der Waals surface area contributed by atoms with Gasteiger partial charge in [-0.3, -0.25) is 14.5 Å². The molecule has 1 saturated heterocycles. The molecule has 196 valence electrons. The maximum absolute atomic E-state index is 13.2. The van der Waals surface area contributed by atoms with E-state index >= 15 is 0 Å². The van der Waals surface area contributed by atoms with Crippen LogP contribution in [0.5, 0.6) is 0 Å². The lowest BCUT2D eigenvalue weighted by atomic mass is 10.0. The van der Waals surface area contributed by atoms with E-state index in [1.165, 1.54) is 24.2 Å². The van der Waals surface area contributed by atoms with Gasteiger partial charge in [0.15, 0.2) is 0 Å². The Morgan fingerprint density at radius 1 is 1.03 bits per heavy atom. The summed E-state index contributed by atoms with van der Waals surface area (Å²) in [5, 5.41) is 7.82. The van der Waals surface area contributed by atoms with Crippen LogP contribution < -0.4 is 10.6 Å². The van der Waals surface area contributed by atoms with E-state index in [9.17, 15) is 9.59 Å². The molecule has 1 aliphatic carbocycles. The van der Waals surface area contributed by atoms with Gasteiger partial charge in [-0.05, 0) is 86.6 Å². The predicted octanol–water partition coefficient (Wildman–Crippen LogP) is 5.87. The molecule has 38 heavy (non-hydrogen) atoms. The molecule has 2 N–H and O–H groups in total. The number of rotatable bonds is 7. The average Bonchev–Trinajstić information content (AvgIpc) is 3.72. The zero-order chi connectivity index (χ0) is 26.1. The number of carbonyl (C=O) groups is 2. The molecule has 6 rings (SSSR count). The lowest BCUT2D eigenvalue weighted by Gasteiger charge is -2.20. The molecule has 2 amide bonds. The van der Waals surface area contributed by atoms with E-state index in [-0.39, 0.29) is 23.8 Å². The Hall–Kier alpha value is -3.20. The monoisotopic (exact) mass is 547 g/mol. The summed E-state index contributed by atoms with van der Waals surface area (Å²) in [7, 11) is 0. The van der Waals surface area contributed by atoms with E-state index in [0.29, 0.717) is 9.90 Å². The third-order valence-corrected chi connectivity index (χ3v) is 8.90. The molecule has 1 aliphatic heterocycles. The van der Waals surface area contributed by atoms with E-state index in [4.69, 9.17) is 11.6 Å². The van der Waals surface area contributed by atoms with Crippen molar-refractivity contribution in [2.24, 2.45) is 5.92 Å². The van der Waals surface area contributed by atoms with Gasteiger partial charge in [-0.15, -0.1) is 11.3 Å². The van der Waals surface area contributed by atoms with Crippen molar-refractivity contribution in [3.8, 4) is 5.69 Å². The third-order valence-electron chi connectivity index (χ3n) is 7.57. The minimum absolute atomic E-state index is 0.0546. The molecule has 7 nitrogen and oxygen atoms in total. The summed E-state index contributed by atoms with van der Waals surface area (Å²) in [6, 6.07) is 15.2. The lowest BCUT2D eigenvalue weighted by Crippen LogP contribution is -2.41. The quantitative estimate of drug-likeness (QED) is 0.303. The summed E-state index contributed by atoms with van der Waals surface area (Å²) in [6.45, 7) is 3.09. The summed E-state index contributed by atoms with van der Waals surface area (Å²) in [5.74, 6) is 0.570. The third kappa shape index (κ3) is 5.34. The number of hydrogen-bond acceptors (Lipinski definition) is 5. The number of anilines is 1. The van der Waals surface area contributed by atoms with Gasteiger partial charge in [0.25, 0.3) is 5.91 Å². The number of halogens is 1. The highest BCUT2D eigenvalue weighted by Gasteiger charge is 2.34. The van der Waals surface area contributed by atoms with E-state index < -0.39 is 0 Å². The molecule has 2 fully saturated rings. The van der Waals surface area contributed by atoms with Crippen molar-refractivity contribution in [1.29, 1.82) is 0 Å². The molecular formula is C29H30ClN5O2S. The second-order valence-electron chi connectivity index (χ2n) is 10.1. The van der Waals surface area contributed by atoms with Gasteiger partial charge < -0.3 is 15.2 Å². The van der Waals surface area contributed by atoms with Crippen LogP contribution in [0.25, 0.3) is 15.8 Å². The van der Waals surface area contributed by atoms with Crippen LogP contribution in [0.2, 0.25) is 5.02 Å². The van der Waals surface area contributed by atoms with Crippen molar-refractivity contribution < 1.29 is 9.59 Å². The summed E-state index contributed by atoms with van der Waals surface area (Å²) in [6.07, 6.45) is 8.78. The topological polar surface area (TPSA) is 79.3 Å². The molecule has 0 unspecified atom stereocenters. The Morgan fingerprint density at radius 3 is 2.66 bits per heavy atom. The number of hydrogen-bond donors (Lipinski definition) is 2. The van der Waals surface area contributed by atoms with Crippen molar-refractivity contribution in [3.05, 3.63) is 76.6 Å². The fourth-order valence-corrected chi connectivity index (χ4v) is 6.81. The second-order valence-corrected chi connectivity index (χ2v) is 11.7. The Morgan fingerprint density at radius 2 is 1.84 bits per heavy atom. The van der Waals surface area contributed by atoms with E-state index in [0.717, 1.165) is 66.2 Å². The second kappa shape index (κ2) is 10.9. The predicted molar refractivity (Wildman–Crippen MR) is 152 cm³/mol. The number of benzene rings is 2. The van der Waals surface area contributed by atoms with Crippen LogP contribution in [0.4, 0.5) is 5.69 Å². The summed E-state index contributed by atoms with van der Waals surface area (Å²) in [4.78, 5) is 33.8. The molecule has 0 radical (unpaired) electrons. The van der Waals surface area contributed by atoms with Gasteiger partial charge in [-0.2, -0.15) is 0 Å². The largest absolute Gasteiger partial charge is 0.348 e. The number of fused-ring (bicyclic) bond motifs is 1. The van der Waals surface area contributed by atoms with Crippen molar-refractivity contribution in [2.75, 3.05) is 18.4 Å². The van der Waals surface area contributed by atoms with Gasteiger partial charge in [0.2, 0.25) is 5.91 Å². The van der Waals surface area contributed by atoms with Crippen LogP contribution in [0.3, 0.4) is 0 Å². The van der Waals surface area contributed by atoms with Crippen molar-refractivity contribution >= 4 is 50.5 Å². The molecule has 2 aromatic heterocycles. The van der Waals surface area contributed by atoms with E-state index in [1.807, 2.05) is 60.9 Å².